The molecule has 1 aliphatic rings. The smallest absolute Gasteiger partial charge is 0.319 e. The molecular formula is C13H15N3O2. The van der Waals surface area contributed by atoms with Crippen LogP contribution in [0, 0.1) is 6.92 Å². The summed E-state index contributed by atoms with van der Waals surface area (Å²) in [5, 5.41) is 0. The number of hydrogen-bond donors (Lipinski definition) is 1. The van der Waals surface area contributed by atoms with Gasteiger partial charge in [-0.15, -0.1) is 0 Å². The average Bonchev–Trinajstić information content (AvgIpc) is 3.05. The number of ether oxygens (including phenoxy) is 1. The fourth-order valence-electron chi connectivity index (χ4n) is 2.15. The lowest BCUT2D eigenvalue weighted by Gasteiger charge is -2.10. The molecular weight excluding hydrogens is 230 g/mol. The van der Waals surface area contributed by atoms with Gasteiger partial charge in [0.25, 0.3) is 0 Å². The number of nitrogens with zero attached hydrogens (tertiary/aromatic N) is 2. The summed E-state index contributed by atoms with van der Waals surface area (Å²) in [5.74, 6) is 0.509. The minimum atomic E-state index is -0.551. The van der Waals surface area contributed by atoms with Crippen molar-refractivity contribution < 1.29 is 9.53 Å². The lowest BCUT2D eigenvalue weighted by molar-refractivity contribution is -0.146. The molecule has 1 N–H and O–H groups in total. The molecule has 2 aromatic heterocycles. The van der Waals surface area contributed by atoms with Crippen molar-refractivity contribution in [1.82, 2.24) is 15.0 Å². The molecule has 18 heavy (non-hydrogen) atoms. The Bertz CT molecular complexity index is 614. The van der Waals surface area contributed by atoms with E-state index in [2.05, 4.69) is 15.0 Å². The second-order valence-electron chi connectivity index (χ2n) is 4.71. The van der Waals surface area contributed by atoms with Crippen LogP contribution in [0.4, 0.5) is 0 Å². The number of rotatable bonds is 3. The highest BCUT2D eigenvalue weighted by Crippen LogP contribution is 2.48. The molecule has 1 saturated carbocycles. The van der Waals surface area contributed by atoms with Gasteiger partial charge in [-0.2, -0.15) is 0 Å². The monoisotopic (exact) mass is 245 g/mol. The Morgan fingerprint density at radius 3 is 2.89 bits per heavy atom. The average molecular weight is 245 g/mol. The molecule has 94 valence electrons. The van der Waals surface area contributed by atoms with Crippen LogP contribution in [0.5, 0.6) is 0 Å². The number of fused-ring (bicyclic) bond motifs is 1. The number of hydrogen-bond acceptors (Lipinski definition) is 4. The van der Waals surface area contributed by atoms with Crippen molar-refractivity contribution in [2.24, 2.45) is 0 Å². The van der Waals surface area contributed by atoms with Gasteiger partial charge in [0.1, 0.15) is 11.2 Å². The van der Waals surface area contributed by atoms with Gasteiger partial charge in [0, 0.05) is 5.69 Å². The van der Waals surface area contributed by atoms with E-state index in [9.17, 15) is 4.79 Å². The molecule has 3 rings (SSSR count). The van der Waals surface area contributed by atoms with Crippen LogP contribution in [0.1, 0.15) is 31.3 Å². The minimum Gasteiger partial charge on any atom is -0.465 e. The van der Waals surface area contributed by atoms with Gasteiger partial charge in [-0.25, -0.2) is 9.97 Å². The summed E-state index contributed by atoms with van der Waals surface area (Å²) in [6, 6.07) is 3.86. The van der Waals surface area contributed by atoms with Crippen LogP contribution in [0.2, 0.25) is 0 Å². The van der Waals surface area contributed by atoms with Gasteiger partial charge >= 0.3 is 5.97 Å². The maximum atomic E-state index is 12.0. The molecule has 2 heterocycles. The maximum Gasteiger partial charge on any atom is 0.319 e. The number of carbonyl (C=O) groups excluding carboxylic acids is 1. The Hall–Kier alpha value is -1.91. The Kier molecular flexibility index (Phi) is 2.36. The largest absolute Gasteiger partial charge is 0.465 e. The Morgan fingerprint density at radius 2 is 2.22 bits per heavy atom. The first-order chi connectivity index (χ1) is 8.65. The molecule has 0 aliphatic heterocycles. The van der Waals surface area contributed by atoms with Crippen molar-refractivity contribution in [2.75, 3.05) is 6.61 Å². The summed E-state index contributed by atoms with van der Waals surface area (Å²) in [5.41, 5.74) is 1.90. The molecule has 5 heteroatoms. The van der Waals surface area contributed by atoms with Gasteiger partial charge in [-0.3, -0.25) is 4.79 Å². The van der Waals surface area contributed by atoms with Crippen molar-refractivity contribution in [3.63, 3.8) is 0 Å². The summed E-state index contributed by atoms with van der Waals surface area (Å²) >= 11 is 0. The number of imidazole rings is 1. The molecule has 0 saturated heterocycles. The van der Waals surface area contributed by atoms with Gasteiger partial charge in [-0.1, -0.05) is 0 Å². The van der Waals surface area contributed by atoms with E-state index in [1.165, 1.54) is 0 Å². The predicted octanol–water partition coefficient (Wildman–Crippen LogP) is 1.86. The standard InChI is InChI=1S/C13H15N3O2/c1-3-18-12(17)13(6-7-13)11-15-9-5-4-8(2)14-10(9)16-11/h4-5H,3,6-7H2,1-2H3,(H,14,15,16). The predicted molar refractivity (Wildman–Crippen MR) is 66.2 cm³/mol. The molecule has 0 atom stereocenters. The molecule has 1 fully saturated rings. The highest BCUT2D eigenvalue weighted by molar-refractivity contribution is 5.86. The second-order valence-corrected chi connectivity index (χ2v) is 4.71. The molecule has 0 aromatic carbocycles. The van der Waals surface area contributed by atoms with Gasteiger partial charge in [0.15, 0.2) is 5.65 Å². The Balaban J connectivity index is 2.02. The van der Waals surface area contributed by atoms with E-state index in [1.54, 1.807) is 0 Å². The van der Waals surface area contributed by atoms with E-state index in [0.29, 0.717) is 18.1 Å². The third-order valence-electron chi connectivity index (χ3n) is 3.35. The Morgan fingerprint density at radius 1 is 1.44 bits per heavy atom. The number of H-pyrrole nitrogens is 1. The highest BCUT2D eigenvalue weighted by Gasteiger charge is 2.55. The molecule has 5 nitrogen and oxygen atoms in total. The van der Waals surface area contributed by atoms with Crippen molar-refractivity contribution in [2.45, 2.75) is 32.1 Å². The molecule has 0 amide bonds. The fraction of sp³-hybridized carbons (Fsp3) is 0.462. The van der Waals surface area contributed by atoms with Crippen LogP contribution >= 0.6 is 0 Å². The number of aryl methyl sites for hydroxylation is 1. The van der Waals surface area contributed by atoms with E-state index in [4.69, 9.17) is 4.74 Å². The topological polar surface area (TPSA) is 67.9 Å². The van der Waals surface area contributed by atoms with Crippen LogP contribution in [0.3, 0.4) is 0 Å². The zero-order chi connectivity index (χ0) is 12.8. The van der Waals surface area contributed by atoms with Crippen molar-refractivity contribution in [1.29, 1.82) is 0 Å². The quantitative estimate of drug-likeness (QED) is 0.838. The molecule has 0 unspecified atom stereocenters. The van der Waals surface area contributed by atoms with Crippen LogP contribution < -0.4 is 0 Å². The van der Waals surface area contributed by atoms with Crippen molar-refractivity contribution in [3.8, 4) is 0 Å². The zero-order valence-corrected chi connectivity index (χ0v) is 10.5. The van der Waals surface area contributed by atoms with E-state index in [0.717, 1.165) is 24.1 Å². The fourth-order valence-corrected chi connectivity index (χ4v) is 2.15. The summed E-state index contributed by atoms with van der Waals surface area (Å²) in [4.78, 5) is 24.0. The number of carbonyl (C=O) groups is 1. The van der Waals surface area contributed by atoms with Gasteiger partial charge in [-0.05, 0) is 38.8 Å². The van der Waals surface area contributed by atoms with Gasteiger partial charge < -0.3 is 9.72 Å². The lowest BCUT2D eigenvalue weighted by Crippen LogP contribution is -2.24. The van der Waals surface area contributed by atoms with Crippen LogP contribution in [0.25, 0.3) is 11.2 Å². The number of nitrogens with one attached hydrogen (secondary N) is 1. The molecule has 0 spiro atoms. The molecule has 2 aromatic rings. The third kappa shape index (κ3) is 1.58. The van der Waals surface area contributed by atoms with Crippen molar-refractivity contribution >= 4 is 17.1 Å². The third-order valence-corrected chi connectivity index (χ3v) is 3.35. The normalized spacial score (nSPS) is 16.8. The van der Waals surface area contributed by atoms with E-state index in [-0.39, 0.29) is 5.97 Å². The lowest BCUT2D eigenvalue weighted by atomic mass is 10.1. The maximum absolute atomic E-state index is 12.0. The first kappa shape index (κ1) is 11.2. The SMILES string of the molecule is CCOC(=O)C1(c2nc3nc(C)ccc3[nH]2)CC1. The molecule has 0 radical (unpaired) electrons. The van der Waals surface area contributed by atoms with Gasteiger partial charge in [0.05, 0.1) is 12.1 Å². The minimum absolute atomic E-state index is 0.180. The van der Waals surface area contributed by atoms with E-state index in [1.807, 2.05) is 26.0 Å². The number of aromatic nitrogens is 3. The zero-order valence-electron chi connectivity index (χ0n) is 10.5. The highest BCUT2D eigenvalue weighted by atomic mass is 16.5. The first-order valence-corrected chi connectivity index (χ1v) is 6.17. The molecule has 1 aliphatic carbocycles. The van der Waals surface area contributed by atoms with Crippen LogP contribution in [-0.2, 0) is 14.9 Å². The van der Waals surface area contributed by atoms with E-state index < -0.39 is 5.41 Å². The van der Waals surface area contributed by atoms with Crippen LogP contribution in [0.15, 0.2) is 12.1 Å². The Labute approximate surface area is 105 Å². The molecule has 0 bridgehead atoms. The number of pyridine rings is 1. The van der Waals surface area contributed by atoms with Gasteiger partial charge in [0.2, 0.25) is 0 Å². The first-order valence-electron chi connectivity index (χ1n) is 6.17. The second kappa shape index (κ2) is 3.80. The van der Waals surface area contributed by atoms with Crippen LogP contribution in [-0.4, -0.2) is 27.5 Å². The summed E-state index contributed by atoms with van der Waals surface area (Å²) in [6.45, 7) is 4.14. The van der Waals surface area contributed by atoms with E-state index >= 15 is 0 Å². The number of aromatic amines is 1. The number of esters is 1. The summed E-state index contributed by atoms with van der Waals surface area (Å²) < 4.78 is 5.12. The van der Waals surface area contributed by atoms with Crippen molar-refractivity contribution in [3.05, 3.63) is 23.7 Å². The summed E-state index contributed by atoms with van der Waals surface area (Å²) in [7, 11) is 0. The summed E-state index contributed by atoms with van der Waals surface area (Å²) in [6.07, 6.45) is 1.59.